The van der Waals surface area contributed by atoms with Crippen molar-refractivity contribution in [2.24, 2.45) is 0 Å². The summed E-state index contributed by atoms with van der Waals surface area (Å²) in [6, 6.07) is 17.5. The fourth-order valence-corrected chi connectivity index (χ4v) is 4.93. The van der Waals surface area contributed by atoms with Gasteiger partial charge in [0, 0.05) is 16.3 Å². The highest BCUT2D eigenvalue weighted by molar-refractivity contribution is 7.98. The van der Waals surface area contributed by atoms with Crippen LogP contribution in [-0.2, 0) is 10.5 Å². The third-order valence-electron chi connectivity index (χ3n) is 4.36. The number of nitrogens with two attached hydrogens (primary N) is 1. The molecule has 0 spiro atoms. The van der Waals surface area contributed by atoms with E-state index >= 15 is 0 Å². The second-order valence-corrected chi connectivity index (χ2v) is 8.76. The topological polar surface area (TPSA) is 78.1 Å². The Bertz CT molecular complexity index is 1190. The van der Waals surface area contributed by atoms with Crippen LogP contribution >= 0.6 is 34.7 Å². The molecule has 0 fully saturated rings. The number of benzene rings is 2. The third kappa shape index (κ3) is 4.28. The summed E-state index contributed by atoms with van der Waals surface area (Å²) in [4.78, 5) is 22.8. The van der Waals surface area contributed by atoms with E-state index in [4.69, 9.17) is 27.1 Å². The molecule has 30 heavy (non-hydrogen) atoms. The highest BCUT2D eigenvalue weighted by atomic mass is 35.5. The van der Waals surface area contributed by atoms with Gasteiger partial charge in [0.1, 0.15) is 9.71 Å². The predicted octanol–water partition coefficient (Wildman–Crippen LogP) is 6.06. The molecule has 0 radical (unpaired) electrons. The number of carbonyl (C=O) groups excluding carboxylic acids is 1. The highest BCUT2D eigenvalue weighted by Gasteiger charge is 2.23. The molecule has 152 valence electrons. The number of rotatable bonds is 6. The number of hydrogen-bond acceptors (Lipinski definition) is 7. The summed E-state index contributed by atoms with van der Waals surface area (Å²) in [5, 5.41) is 1.91. The second kappa shape index (κ2) is 9.04. The van der Waals surface area contributed by atoms with E-state index in [0.29, 0.717) is 36.7 Å². The van der Waals surface area contributed by atoms with Gasteiger partial charge in [0.05, 0.1) is 23.4 Å². The predicted molar refractivity (Wildman–Crippen MR) is 124 cm³/mol. The first-order valence-electron chi connectivity index (χ1n) is 9.26. The van der Waals surface area contributed by atoms with E-state index in [0.717, 1.165) is 11.3 Å². The largest absolute Gasteiger partial charge is 0.462 e. The minimum Gasteiger partial charge on any atom is -0.462 e. The van der Waals surface area contributed by atoms with Crippen LogP contribution in [0.3, 0.4) is 0 Å². The molecule has 0 saturated carbocycles. The summed E-state index contributed by atoms with van der Waals surface area (Å²) < 4.78 is 5.16. The molecule has 0 amide bonds. The number of nitrogen functional groups attached to an aromatic ring is 1. The van der Waals surface area contributed by atoms with Gasteiger partial charge in [-0.05, 0) is 24.6 Å². The number of anilines is 1. The molecule has 0 bridgehead atoms. The second-order valence-electron chi connectivity index (χ2n) is 6.38. The molecule has 2 aromatic heterocycles. The molecule has 0 aliphatic carbocycles. The Labute approximate surface area is 187 Å². The Kier molecular flexibility index (Phi) is 6.22. The number of aromatic nitrogens is 2. The van der Waals surface area contributed by atoms with Gasteiger partial charge in [-0.2, -0.15) is 0 Å². The Balaban J connectivity index is 1.81. The van der Waals surface area contributed by atoms with Gasteiger partial charge in [-0.15, -0.1) is 11.3 Å². The van der Waals surface area contributed by atoms with Crippen molar-refractivity contribution in [3.8, 4) is 11.3 Å². The zero-order valence-corrected chi connectivity index (χ0v) is 18.5. The van der Waals surface area contributed by atoms with Crippen LogP contribution in [-0.4, -0.2) is 22.5 Å². The monoisotopic (exact) mass is 455 g/mol. The standard InChI is InChI=1S/C22H18ClN3O2S2/c1-2-28-21(27)19-17(24)16-18(14-8-10-15(23)11-9-14)25-22(26-20(16)30-19)29-12-13-6-4-3-5-7-13/h3-11H,2,12,24H2,1H3. The molecule has 2 N–H and O–H groups in total. The van der Waals surface area contributed by atoms with Crippen LogP contribution in [0.2, 0.25) is 5.02 Å². The van der Waals surface area contributed by atoms with Crippen molar-refractivity contribution >= 4 is 56.6 Å². The minimum absolute atomic E-state index is 0.278. The van der Waals surface area contributed by atoms with Crippen LogP contribution in [0.25, 0.3) is 21.5 Å². The average molecular weight is 456 g/mol. The van der Waals surface area contributed by atoms with E-state index in [2.05, 4.69) is 17.1 Å². The number of esters is 1. The molecule has 2 heterocycles. The Hall–Kier alpha value is -2.61. The van der Waals surface area contributed by atoms with Gasteiger partial charge in [0.25, 0.3) is 0 Å². The van der Waals surface area contributed by atoms with Crippen molar-refractivity contribution in [3.63, 3.8) is 0 Å². The van der Waals surface area contributed by atoms with Gasteiger partial charge in [0.2, 0.25) is 0 Å². The van der Waals surface area contributed by atoms with E-state index in [9.17, 15) is 4.79 Å². The summed E-state index contributed by atoms with van der Waals surface area (Å²) in [5.74, 6) is 0.288. The Morgan fingerprint density at radius 1 is 1.13 bits per heavy atom. The molecule has 5 nitrogen and oxygen atoms in total. The lowest BCUT2D eigenvalue weighted by molar-refractivity contribution is 0.0533. The van der Waals surface area contributed by atoms with Crippen LogP contribution in [0.4, 0.5) is 5.69 Å². The first kappa shape index (κ1) is 20.7. The number of hydrogen-bond donors (Lipinski definition) is 1. The van der Waals surface area contributed by atoms with Crippen molar-refractivity contribution in [2.45, 2.75) is 17.8 Å². The molecule has 2 aromatic carbocycles. The quantitative estimate of drug-likeness (QED) is 0.216. The van der Waals surface area contributed by atoms with E-state index in [1.54, 1.807) is 19.1 Å². The van der Waals surface area contributed by atoms with Crippen LogP contribution in [0.1, 0.15) is 22.2 Å². The molecule has 8 heteroatoms. The normalized spacial score (nSPS) is 11.0. The molecule has 0 aliphatic heterocycles. The molecule has 0 atom stereocenters. The van der Waals surface area contributed by atoms with E-state index in [1.807, 2.05) is 30.3 Å². The molecule has 0 aliphatic rings. The maximum absolute atomic E-state index is 12.4. The maximum atomic E-state index is 12.4. The lowest BCUT2D eigenvalue weighted by atomic mass is 10.1. The number of thiophene rings is 1. The van der Waals surface area contributed by atoms with Crippen molar-refractivity contribution < 1.29 is 9.53 Å². The van der Waals surface area contributed by atoms with Crippen LogP contribution < -0.4 is 5.73 Å². The fourth-order valence-electron chi connectivity index (χ4n) is 2.95. The average Bonchev–Trinajstić information content (AvgIpc) is 3.10. The summed E-state index contributed by atoms with van der Waals surface area (Å²) in [7, 11) is 0. The van der Waals surface area contributed by atoms with E-state index < -0.39 is 5.97 Å². The summed E-state index contributed by atoms with van der Waals surface area (Å²) in [5.41, 5.74) is 9.41. The maximum Gasteiger partial charge on any atom is 0.350 e. The fraction of sp³-hybridized carbons (Fsp3) is 0.136. The van der Waals surface area contributed by atoms with Crippen LogP contribution in [0.15, 0.2) is 59.8 Å². The van der Waals surface area contributed by atoms with Gasteiger partial charge in [-0.25, -0.2) is 14.8 Å². The highest BCUT2D eigenvalue weighted by Crippen LogP contribution is 2.40. The molecule has 0 unspecified atom stereocenters. The van der Waals surface area contributed by atoms with Gasteiger partial charge < -0.3 is 10.5 Å². The zero-order valence-electron chi connectivity index (χ0n) is 16.1. The van der Waals surface area contributed by atoms with Crippen LogP contribution in [0.5, 0.6) is 0 Å². The molecular weight excluding hydrogens is 438 g/mol. The van der Waals surface area contributed by atoms with Gasteiger partial charge in [0.15, 0.2) is 5.16 Å². The smallest absolute Gasteiger partial charge is 0.350 e. The van der Waals surface area contributed by atoms with Crippen molar-refractivity contribution in [1.82, 2.24) is 9.97 Å². The van der Waals surface area contributed by atoms with Crippen molar-refractivity contribution in [3.05, 3.63) is 70.1 Å². The van der Waals surface area contributed by atoms with Crippen molar-refractivity contribution in [2.75, 3.05) is 12.3 Å². The summed E-state index contributed by atoms with van der Waals surface area (Å²) in [6.45, 7) is 2.04. The number of ether oxygens (including phenoxy) is 1. The number of carbonyl (C=O) groups is 1. The van der Waals surface area contributed by atoms with Crippen LogP contribution in [0, 0.1) is 0 Å². The molecular formula is C22H18ClN3O2S2. The van der Waals surface area contributed by atoms with Gasteiger partial charge >= 0.3 is 5.97 Å². The Morgan fingerprint density at radius 3 is 2.57 bits per heavy atom. The summed E-state index contributed by atoms with van der Waals surface area (Å²) in [6.07, 6.45) is 0. The number of thioether (sulfide) groups is 1. The third-order valence-corrected chi connectivity index (χ3v) is 6.61. The molecule has 4 rings (SSSR count). The number of fused-ring (bicyclic) bond motifs is 1. The van der Waals surface area contributed by atoms with Gasteiger partial charge in [-0.1, -0.05) is 65.8 Å². The minimum atomic E-state index is -0.446. The first-order valence-corrected chi connectivity index (χ1v) is 11.4. The molecule has 4 aromatic rings. The Morgan fingerprint density at radius 2 is 1.87 bits per heavy atom. The zero-order chi connectivity index (χ0) is 21.1. The number of halogens is 1. The SMILES string of the molecule is CCOC(=O)c1sc2nc(SCc3ccccc3)nc(-c3ccc(Cl)cc3)c2c1N. The van der Waals surface area contributed by atoms with E-state index in [-0.39, 0.29) is 6.61 Å². The molecule has 0 saturated heterocycles. The first-order chi connectivity index (χ1) is 14.6. The van der Waals surface area contributed by atoms with Gasteiger partial charge in [-0.3, -0.25) is 0 Å². The lowest BCUT2D eigenvalue weighted by Crippen LogP contribution is -2.05. The van der Waals surface area contributed by atoms with Crippen molar-refractivity contribution in [1.29, 1.82) is 0 Å². The number of nitrogens with zero attached hydrogens (tertiary/aromatic N) is 2. The summed E-state index contributed by atoms with van der Waals surface area (Å²) >= 11 is 8.82. The van der Waals surface area contributed by atoms with E-state index in [1.165, 1.54) is 28.7 Å². The lowest BCUT2D eigenvalue weighted by Gasteiger charge is -2.08.